The van der Waals surface area contributed by atoms with Gasteiger partial charge in [0.15, 0.2) is 0 Å². The molecule has 0 aliphatic heterocycles. The van der Waals surface area contributed by atoms with Gasteiger partial charge in [0.25, 0.3) is 0 Å². The molecule has 0 spiro atoms. The number of nitrogens with one attached hydrogen (secondary N) is 1. The molecule has 2 nitrogen and oxygen atoms in total. The standard InChI is InChI=1S/C15H7BrF4N2/c16-9-2-1-3-10(11(17)7-9)14-21-12-5-4-8(15(18,19)20)6-13(12)22-14/h2-7H,(H,21,22). The molecule has 1 aromatic heterocycles. The van der Waals surface area contributed by atoms with Crippen molar-refractivity contribution in [1.82, 2.24) is 9.97 Å². The summed E-state index contributed by atoms with van der Waals surface area (Å²) in [6.07, 6.45) is -0.303. The van der Waals surface area contributed by atoms with Crippen LogP contribution in [0.2, 0.25) is 0 Å². The fourth-order valence-electron chi connectivity index (χ4n) is 2.01. The molecule has 1 N–H and O–H groups in total. The molecule has 1 aliphatic rings. The van der Waals surface area contributed by atoms with Gasteiger partial charge in [0.05, 0.1) is 22.2 Å². The lowest BCUT2D eigenvalue weighted by atomic mass is 10.2. The zero-order valence-electron chi connectivity index (χ0n) is 10.8. The largest absolute Gasteiger partial charge is 0.416 e. The molecule has 1 aromatic carbocycles. The Morgan fingerprint density at radius 2 is 1.95 bits per heavy atom. The summed E-state index contributed by atoms with van der Waals surface area (Å²) >= 11 is 3.14. The summed E-state index contributed by atoms with van der Waals surface area (Å²) in [5, 5.41) is 0. The van der Waals surface area contributed by atoms with Gasteiger partial charge < -0.3 is 4.98 Å². The maximum atomic E-state index is 14.1. The average molecular weight is 371 g/mol. The van der Waals surface area contributed by atoms with E-state index in [9.17, 15) is 17.6 Å². The Kier molecular flexibility index (Phi) is 3.54. The first-order valence-corrected chi connectivity index (χ1v) is 6.91. The van der Waals surface area contributed by atoms with Gasteiger partial charge in [-0.15, -0.1) is 5.73 Å². The quantitative estimate of drug-likeness (QED) is 0.537. The normalized spacial score (nSPS) is 15.4. The second-order valence-corrected chi connectivity index (χ2v) is 5.48. The number of alkyl halides is 3. The molecule has 2 aromatic rings. The number of aromatic amines is 1. The number of allylic oxidation sites excluding steroid dienone is 5. The molecule has 0 saturated carbocycles. The molecule has 0 radical (unpaired) electrons. The van der Waals surface area contributed by atoms with Gasteiger partial charge in [0.2, 0.25) is 0 Å². The minimum Gasteiger partial charge on any atom is -0.338 e. The number of fused-ring (bicyclic) bond motifs is 1. The van der Waals surface area contributed by atoms with Gasteiger partial charge in [-0.3, -0.25) is 0 Å². The number of hydrogen-bond donors (Lipinski definition) is 1. The number of aromatic nitrogens is 2. The van der Waals surface area contributed by atoms with E-state index in [2.05, 4.69) is 31.6 Å². The molecular formula is C15H7BrF4N2. The number of H-pyrrole nitrogens is 1. The molecular weight excluding hydrogens is 364 g/mol. The van der Waals surface area contributed by atoms with Gasteiger partial charge >= 0.3 is 6.18 Å². The van der Waals surface area contributed by atoms with Gasteiger partial charge in [-0.05, 0) is 36.4 Å². The lowest BCUT2D eigenvalue weighted by Crippen LogP contribution is -2.04. The maximum absolute atomic E-state index is 14.1. The molecule has 0 unspecified atom stereocenters. The highest BCUT2D eigenvalue weighted by Crippen LogP contribution is 2.32. The van der Waals surface area contributed by atoms with Crippen molar-refractivity contribution in [2.75, 3.05) is 0 Å². The first-order chi connectivity index (χ1) is 10.3. The van der Waals surface area contributed by atoms with Gasteiger partial charge in [-0.1, -0.05) is 15.9 Å². The smallest absolute Gasteiger partial charge is 0.338 e. The van der Waals surface area contributed by atoms with E-state index in [4.69, 9.17) is 0 Å². The van der Waals surface area contributed by atoms with Crippen LogP contribution >= 0.6 is 15.9 Å². The van der Waals surface area contributed by atoms with Crippen molar-refractivity contribution in [2.24, 2.45) is 0 Å². The minimum absolute atomic E-state index is 0.121. The molecule has 112 valence electrons. The van der Waals surface area contributed by atoms with E-state index < -0.39 is 17.6 Å². The predicted molar refractivity (Wildman–Crippen MR) is 78.8 cm³/mol. The van der Waals surface area contributed by atoms with Crippen LogP contribution in [0, 0.1) is 0 Å². The van der Waals surface area contributed by atoms with Crippen LogP contribution in [-0.2, 0) is 6.18 Å². The number of halogens is 5. The van der Waals surface area contributed by atoms with E-state index in [1.807, 2.05) is 0 Å². The summed E-state index contributed by atoms with van der Waals surface area (Å²) < 4.78 is 52.7. The van der Waals surface area contributed by atoms with E-state index >= 15 is 0 Å². The van der Waals surface area contributed by atoms with Gasteiger partial charge in [0.1, 0.15) is 11.7 Å². The minimum atomic E-state index is -4.44. The van der Waals surface area contributed by atoms with E-state index in [-0.39, 0.29) is 16.9 Å². The number of rotatable bonds is 1. The second kappa shape index (κ2) is 5.26. The van der Waals surface area contributed by atoms with E-state index in [0.717, 1.165) is 12.1 Å². The second-order valence-electron chi connectivity index (χ2n) is 4.56. The summed E-state index contributed by atoms with van der Waals surface area (Å²) in [4.78, 5) is 6.84. The lowest BCUT2D eigenvalue weighted by Gasteiger charge is -2.05. The predicted octanol–water partition coefficient (Wildman–Crippen LogP) is 5.27. The fourth-order valence-corrected chi connectivity index (χ4v) is 2.34. The fraction of sp³-hybridized carbons (Fsp3) is 0.0667. The Labute approximate surface area is 130 Å². The van der Waals surface area contributed by atoms with Crippen LogP contribution in [0.15, 0.2) is 52.5 Å². The first-order valence-electron chi connectivity index (χ1n) is 6.11. The monoisotopic (exact) mass is 370 g/mol. The third kappa shape index (κ3) is 2.77. The zero-order valence-corrected chi connectivity index (χ0v) is 12.4. The van der Waals surface area contributed by atoms with Crippen molar-refractivity contribution in [1.29, 1.82) is 0 Å². The molecule has 0 bridgehead atoms. The molecule has 0 amide bonds. The van der Waals surface area contributed by atoms with E-state index in [1.54, 1.807) is 0 Å². The highest BCUT2D eigenvalue weighted by Gasteiger charge is 2.30. The molecule has 22 heavy (non-hydrogen) atoms. The molecule has 1 aliphatic carbocycles. The highest BCUT2D eigenvalue weighted by molar-refractivity contribution is 9.11. The lowest BCUT2D eigenvalue weighted by molar-refractivity contribution is -0.137. The summed E-state index contributed by atoms with van der Waals surface area (Å²) in [5.74, 6) is -0.422. The molecule has 0 saturated heterocycles. The summed E-state index contributed by atoms with van der Waals surface area (Å²) in [6.45, 7) is 0. The van der Waals surface area contributed by atoms with Crippen LogP contribution in [0.25, 0.3) is 16.6 Å². The van der Waals surface area contributed by atoms with Gasteiger partial charge in [-0.25, -0.2) is 9.37 Å². The number of imidazole rings is 1. The Balaban J connectivity index is 2.14. The van der Waals surface area contributed by atoms with Crippen LogP contribution in [0.5, 0.6) is 0 Å². The Morgan fingerprint density at radius 3 is 2.68 bits per heavy atom. The summed E-state index contributed by atoms with van der Waals surface area (Å²) in [6, 6.07) is 3.14. The van der Waals surface area contributed by atoms with Crippen LogP contribution in [0.1, 0.15) is 11.4 Å². The highest BCUT2D eigenvalue weighted by atomic mass is 79.9. The van der Waals surface area contributed by atoms with Crippen LogP contribution < -0.4 is 0 Å². The molecule has 3 rings (SSSR count). The van der Waals surface area contributed by atoms with Crippen molar-refractivity contribution in [3.63, 3.8) is 0 Å². The zero-order chi connectivity index (χ0) is 15.9. The Morgan fingerprint density at radius 1 is 1.18 bits per heavy atom. The molecule has 0 atom stereocenters. The van der Waals surface area contributed by atoms with E-state index in [1.165, 1.54) is 24.3 Å². The van der Waals surface area contributed by atoms with Crippen molar-refractivity contribution in [2.45, 2.75) is 6.18 Å². The SMILES string of the molecule is FC1=C(c2nc3ccc(C(F)(F)F)cc3[nH]2)C=C=CC(Br)=C1. The number of hydrogen-bond acceptors (Lipinski definition) is 1. The van der Waals surface area contributed by atoms with E-state index in [0.29, 0.717) is 10.00 Å². The third-order valence-electron chi connectivity index (χ3n) is 3.04. The number of benzene rings is 1. The summed E-state index contributed by atoms with van der Waals surface area (Å²) in [7, 11) is 0. The average Bonchev–Trinajstić information content (AvgIpc) is 2.76. The Hall–Kier alpha value is -2.11. The Bertz CT molecular complexity index is 881. The molecule has 1 heterocycles. The van der Waals surface area contributed by atoms with Crippen molar-refractivity contribution >= 4 is 32.5 Å². The van der Waals surface area contributed by atoms with Crippen LogP contribution in [0.4, 0.5) is 17.6 Å². The summed E-state index contributed by atoms with van der Waals surface area (Å²) in [5.41, 5.74) is 2.60. The van der Waals surface area contributed by atoms with Crippen LogP contribution in [-0.4, -0.2) is 9.97 Å². The van der Waals surface area contributed by atoms with Gasteiger partial charge in [-0.2, -0.15) is 13.2 Å². The molecule has 0 fully saturated rings. The van der Waals surface area contributed by atoms with Crippen LogP contribution in [0.3, 0.4) is 0 Å². The maximum Gasteiger partial charge on any atom is 0.416 e. The van der Waals surface area contributed by atoms with Crippen molar-refractivity contribution < 1.29 is 17.6 Å². The topological polar surface area (TPSA) is 28.7 Å². The van der Waals surface area contributed by atoms with Gasteiger partial charge in [0, 0.05) is 4.48 Å². The first kappa shape index (κ1) is 14.8. The molecule has 7 heteroatoms. The van der Waals surface area contributed by atoms with Crippen molar-refractivity contribution in [3.8, 4) is 0 Å². The third-order valence-corrected chi connectivity index (χ3v) is 3.49. The van der Waals surface area contributed by atoms with Crippen molar-refractivity contribution in [3.05, 3.63) is 63.9 Å². The number of nitrogens with zero attached hydrogens (tertiary/aromatic N) is 1.